The molecule has 8 heteroatoms. The van der Waals surface area contributed by atoms with E-state index in [1.807, 2.05) is 32.9 Å². The van der Waals surface area contributed by atoms with E-state index in [9.17, 15) is 24.3 Å². The number of amides is 4. The highest BCUT2D eigenvalue weighted by molar-refractivity contribution is 6.39. The zero-order valence-electron chi connectivity index (χ0n) is 18.8. The highest BCUT2D eigenvalue weighted by Gasteiger charge is 2.37. The average molecular weight is 458 g/mol. The van der Waals surface area contributed by atoms with Gasteiger partial charge in [-0.1, -0.05) is 51.1 Å². The van der Waals surface area contributed by atoms with Gasteiger partial charge in [-0.3, -0.25) is 14.9 Å². The van der Waals surface area contributed by atoms with Crippen molar-refractivity contribution >= 4 is 35.6 Å². The zero-order chi connectivity index (χ0) is 24.6. The van der Waals surface area contributed by atoms with E-state index in [1.54, 1.807) is 36.4 Å². The number of anilines is 1. The number of carboxylic acids is 1. The van der Waals surface area contributed by atoms with Gasteiger partial charge in [0.25, 0.3) is 11.8 Å². The lowest BCUT2D eigenvalue weighted by Crippen LogP contribution is -2.54. The first-order valence-electron chi connectivity index (χ1n) is 10.5. The molecule has 1 aliphatic heterocycles. The number of hydrogen-bond donors (Lipinski definition) is 2. The Labute approximate surface area is 195 Å². The normalized spacial score (nSPS) is 15.6. The van der Waals surface area contributed by atoms with Crippen LogP contribution < -0.4 is 10.2 Å². The summed E-state index contributed by atoms with van der Waals surface area (Å²) >= 11 is 0. The number of carboxylic acid groups (broad SMARTS) is 1. The number of nitrogens with one attached hydrogen (secondary N) is 1. The van der Waals surface area contributed by atoms with E-state index in [0.29, 0.717) is 11.3 Å². The molecule has 2 N–H and O–H groups in total. The lowest BCUT2D eigenvalue weighted by molar-refractivity contribution is -0.122. The van der Waals surface area contributed by atoms with Crippen molar-refractivity contribution in [3.05, 3.63) is 83.1 Å². The van der Waals surface area contributed by atoms with Crippen molar-refractivity contribution in [3.63, 3.8) is 0 Å². The fourth-order valence-corrected chi connectivity index (χ4v) is 3.60. The van der Waals surface area contributed by atoms with E-state index in [0.717, 1.165) is 10.5 Å². The van der Waals surface area contributed by atoms with Gasteiger partial charge in [0.05, 0.1) is 11.3 Å². The Hall–Kier alpha value is -4.46. The topological polar surface area (TPSA) is 117 Å². The number of carbonyl (C=O) groups is 4. The maximum absolute atomic E-state index is 13.1. The summed E-state index contributed by atoms with van der Waals surface area (Å²) in [6.45, 7) is 6.15. The highest BCUT2D eigenvalue weighted by atomic mass is 16.4. The molecular formula is C26H22N2O6. The van der Waals surface area contributed by atoms with Gasteiger partial charge < -0.3 is 9.52 Å². The van der Waals surface area contributed by atoms with Crippen molar-refractivity contribution in [3.8, 4) is 11.3 Å². The molecule has 8 nitrogen and oxygen atoms in total. The van der Waals surface area contributed by atoms with Gasteiger partial charge in [0.15, 0.2) is 0 Å². The molecule has 1 aromatic heterocycles. The fourth-order valence-electron chi connectivity index (χ4n) is 3.60. The maximum atomic E-state index is 13.1. The molecule has 2 heterocycles. The van der Waals surface area contributed by atoms with Gasteiger partial charge in [0.2, 0.25) is 0 Å². The monoisotopic (exact) mass is 458 g/mol. The number of furan rings is 1. The van der Waals surface area contributed by atoms with Gasteiger partial charge in [-0.2, -0.15) is 0 Å². The third-order valence-corrected chi connectivity index (χ3v) is 5.43. The van der Waals surface area contributed by atoms with Crippen LogP contribution in [-0.2, 0) is 15.0 Å². The molecule has 0 spiro atoms. The van der Waals surface area contributed by atoms with Crippen molar-refractivity contribution in [1.29, 1.82) is 0 Å². The number of rotatable bonds is 4. The Morgan fingerprint density at radius 1 is 0.971 bits per heavy atom. The molecule has 1 saturated heterocycles. The van der Waals surface area contributed by atoms with Crippen LogP contribution in [-0.4, -0.2) is 28.9 Å². The molecule has 3 aromatic rings. The predicted octanol–water partition coefficient (Wildman–Crippen LogP) is 4.61. The largest absolute Gasteiger partial charge is 0.478 e. The maximum Gasteiger partial charge on any atom is 0.336 e. The quantitative estimate of drug-likeness (QED) is 0.436. The Kier molecular flexibility index (Phi) is 5.66. The van der Waals surface area contributed by atoms with E-state index in [2.05, 4.69) is 5.32 Å². The minimum Gasteiger partial charge on any atom is -0.478 e. The van der Waals surface area contributed by atoms with E-state index in [1.165, 1.54) is 18.2 Å². The average Bonchev–Trinajstić information content (AvgIpc) is 3.25. The van der Waals surface area contributed by atoms with Crippen LogP contribution in [0.2, 0.25) is 0 Å². The van der Waals surface area contributed by atoms with Crippen molar-refractivity contribution in [2.45, 2.75) is 26.2 Å². The lowest BCUT2D eigenvalue weighted by Gasteiger charge is -2.27. The van der Waals surface area contributed by atoms with Crippen LogP contribution in [0.5, 0.6) is 0 Å². The first-order chi connectivity index (χ1) is 16.1. The second-order valence-electron chi connectivity index (χ2n) is 8.81. The van der Waals surface area contributed by atoms with Crippen LogP contribution in [0.3, 0.4) is 0 Å². The lowest BCUT2D eigenvalue weighted by atomic mass is 9.87. The standard InChI is InChI=1S/C26H22N2O6/c1-26(2,3)15-8-10-16(11-9-15)28-23(30)20(22(29)27-25(28)33)14-17-12-13-21(34-17)18-6-4-5-7-19(18)24(31)32/h4-14H,1-3H3,(H,31,32)(H,27,29,33). The van der Waals surface area contributed by atoms with Crippen LogP contribution in [0.1, 0.15) is 42.5 Å². The first kappa shape index (κ1) is 22.7. The summed E-state index contributed by atoms with van der Waals surface area (Å²) < 4.78 is 5.71. The molecular weight excluding hydrogens is 436 g/mol. The molecule has 0 aliphatic carbocycles. The SMILES string of the molecule is CC(C)(C)c1ccc(N2C(=O)NC(=O)C(=Cc3ccc(-c4ccccc4C(=O)O)o3)C2=O)cc1. The number of aromatic carboxylic acids is 1. The van der Waals surface area contributed by atoms with Gasteiger partial charge in [0, 0.05) is 5.56 Å². The summed E-state index contributed by atoms with van der Waals surface area (Å²) in [5.41, 5.74) is 1.37. The molecule has 4 rings (SSSR count). The Balaban J connectivity index is 1.67. The predicted molar refractivity (Wildman–Crippen MR) is 125 cm³/mol. The Morgan fingerprint density at radius 3 is 2.29 bits per heavy atom. The molecule has 0 atom stereocenters. The summed E-state index contributed by atoms with van der Waals surface area (Å²) in [5, 5.41) is 11.6. The molecule has 1 aliphatic rings. The number of nitrogens with zero attached hydrogens (tertiary/aromatic N) is 1. The number of barbiturate groups is 1. The summed E-state index contributed by atoms with van der Waals surface area (Å²) in [4.78, 5) is 50.4. The number of urea groups is 1. The van der Waals surface area contributed by atoms with Gasteiger partial charge in [-0.15, -0.1) is 0 Å². The van der Waals surface area contributed by atoms with Crippen LogP contribution in [0.15, 0.2) is 70.7 Å². The van der Waals surface area contributed by atoms with Crippen LogP contribution in [0.25, 0.3) is 17.4 Å². The number of carbonyl (C=O) groups excluding carboxylic acids is 3. The summed E-state index contributed by atoms with van der Waals surface area (Å²) in [6.07, 6.45) is 1.23. The number of imide groups is 2. The zero-order valence-corrected chi connectivity index (χ0v) is 18.8. The van der Waals surface area contributed by atoms with Crippen molar-refractivity contribution in [1.82, 2.24) is 5.32 Å². The summed E-state index contributed by atoms with van der Waals surface area (Å²) in [7, 11) is 0. The molecule has 0 radical (unpaired) electrons. The minimum absolute atomic E-state index is 0.0537. The van der Waals surface area contributed by atoms with Gasteiger partial charge in [0.1, 0.15) is 17.1 Å². The second kappa shape index (κ2) is 8.47. The van der Waals surface area contributed by atoms with E-state index < -0.39 is 23.8 Å². The molecule has 4 amide bonds. The van der Waals surface area contributed by atoms with E-state index in [-0.39, 0.29) is 28.1 Å². The third kappa shape index (κ3) is 4.25. The smallest absolute Gasteiger partial charge is 0.336 e. The van der Waals surface area contributed by atoms with Crippen molar-refractivity contribution in [2.75, 3.05) is 4.90 Å². The highest BCUT2D eigenvalue weighted by Crippen LogP contribution is 2.29. The van der Waals surface area contributed by atoms with E-state index >= 15 is 0 Å². The summed E-state index contributed by atoms with van der Waals surface area (Å²) in [6, 6.07) is 15.5. The second-order valence-corrected chi connectivity index (χ2v) is 8.81. The molecule has 0 unspecified atom stereocenters. The fraction of sp³-hybridized carbons (Fsp3) is 0.154. The molecule has 34 heavy (non-hydrogen) atoms. The van der Waals surface area contributed by atoms with Gasteiger partial charge in [-0.25, -0.2) is 14.5 Å². The molecule has 172 valence electrons. The van der Waals surface area contributed by atoms with E-state index in [4.69, 9.17) is 4.42 Å². The Bertz CT molecular complexity index is 1340. The molecule has 0 saturated carbocycles. The third-order valence-electron chi connectivity index (χ3n) is 5.43. The molecule has 2 aromatic carbocycles. The minimum atomic E-state index is -1.11. The van der Waals surface area contributed by atoms with Crippen LogP contribution >= 0.6 is 0 Å². The Morgan fingerprint density at radius 2 is 1.65 bits per heavy atom. The first-order valence-corrected chi connectivity index (χ1v) is 10.5. The van der Waals surface area contributed by atoms with Crippen LogP contribution in [0, 0.1) is 0 Å². The summed E-state index contributed by atoms with van der Waals surface area (Å²) in [5.74, 6) is -2.33. The van der Waals surface area contributed by atoms with Crippen molar-refractivity contribution < 1.29 is 28.7 Å². The van der Waals surface area contributed by atoms with Crippen LogP contribution in [0.4, 0.5) is 10.5 Å². The molecule has 1 fully saturated rings. The number of hydrogen-bond acceptors (Lipinski definition) is 5. The number of benzene rings is 2. The van der Waals surface area contributed by atoms with Gasteiger partial charge in [-0.05, 0) is 47.4 Å². The molecule has 0 bridgehead atoms. The van der Waals surface area contributed by atoms with Gasteiger partial charge >= 0.3 is 12.0 Å². The van der Waals surface area contributed by atoms with Crippen molar-refractivity contribution in [2.24, 2.45) is 0 Å².